The monoisotopic (exact) mass is 341 g/mol. The Hall–Kier alpha value is -3.49. The number of para-hydroxylation sites is 1. The summed E-state index contributed by atoms with van der Waals surface area (Å²) in [5, 5.41) is 16.2. The van der Waals surface area contributed by atoms with E-state index in [1.165, 1.54) is 17.0 Å². The topological polar surface area (TPSA) is 130 Å². The number of nitrogens with two attached hydrogens (primary N) is 1. The number of hydrogen-bond acceptors (Lipinski definition) is 6. The Morgan fingerprint density at radius 3 is 2.48 bits per heavy atom. The Kier molecular flexibility index (Phi) is 4.29. The van der Waals surface area contributed by atoms with Gasteiger partial charge in [-0.3, -0.25) is 14.6 Å². The van der Waals surface area contributed by atoms with Crippen molar-refractivity contribution in [2.45, 2.75) is 6.42 Å². The molecule has 9 nitrogen and oxygen atoms in total. The summed E-state index contributed by atoms with van der Waals surface area (Å²) in [6.45, 7) is 0.622. The molecule has 1 saturated heterocycles. The number of aromatic carboxylic acids is 1. The van der Waals surface area contributed by atoms with Gasteiger partial charge in [0.05, 0.1) is 5.56 Å². The van der Waals surface area contributed by atoms with Crippen LogP contribution in [0.5, 0.6) is 0 Å². The zero-order valence-electron chi connectivity index (χ0n) is 13.1. The molecule has 128 valence electrons. The van der Waals surface area contributed by atoms with Crippen LogP contribution in [0.4, 0.5) is 16.3 Å². The summed E-state index contributed by atoms with van der Waals surface area (Å²) in [6.07, 6.45) is 0.548. The van der Waals surface area contributed by atoms with E-state index >= 15 is 0 Å². The first-order chi connectivity index (χ1) is 12.0. The average molecular weight is 341 g/mol. The number of anilines is 2. The number of carboxylic acid groups (broad SMARTS) is 1. The zero-order chi connectivity index (χ0) is 18.0. The molecule has 3 rings (SSSR count). The van der Waals surface area contributed by atoms with Crippen molar-refractivity contribution in [2.75, 3.05) is 23.7 Å². The highest BCUT2D eigenvalue weighted by Crippen LogP contribution is 2.21. The van der Waals surface area contributed by atoms with E-state index < -0.39 is 17.9 Å². The number of rotatable bonds is 3. The molecular weight excluding hydrogens is 326 g/mol. The van der Waals surface area contributed by atoms with Crippen LogP contribution in [-0.2, 0) is 0 Å². The Labute approximate surface area is 142 Å². The first-order valence-corrected chi connectivity index (χ1v) is 7.54. The van der Waals surface area contributed by atoms with Crippen molar-refractivity contribution in [2.24, 2.45) is 0 Å². The molecule has 2 aromatic rings. The number of amides is 3. The van der Waals surface area contributed by atoms with E-state index in [0.717, 1.165) is 4.90 Å². The minimum absolute atomic E-state index is 0.188. The van der Waals surface area contributed by atoms with Crippen molar-refractivity contribution in [1.29, 1.82) is 0 Å². The summed E-state index contributed by atoms with van der Waals surface area (Å²) in [5.41, 5.74) is 6.14. The smallest absolute Gasteiger partial charge is 0.356 e. The van der Waals surface area contributed by atoms with E-state index in [1.807, 2.05) is 0 Å². The molecule has 1 aromatic heterocycles. The zero-order valence-corrected chi connectivity index (χ0v) is 13.1. The Balaban J connectivity index is 1.85. The lowest BCUT2D eigenvalue weighted by Gasteiger charge is -2.33. The van der Waals surface area contributed by atoms with Gasteiger partial charge in [-0.05, 0) is 30.7 Å². The molecular formula is C16H15N5O4. The van der Waals surface area contributed by atoms with Gasteiger partial charge >= 0.3 is 12.0 Å². The van der Waals surface area contributed by atoms with Crippen LogP contribution in [0.3, 0.4) is 0 Å². The molecule has 25 heavy (non-hydrogen) atoms. The molecule has 0 unspecified atom stereocenters. The van der Waals surface area contributed by atoms with Crippen molar-refractivity contribution >= 4 is 29.4 Å². The van der Waals surface area contributed by atoms with Gasteiger partial charge in [-0.15, -0.1) is 10.2 Å². The molecule has 1 aromatic carbocycles. The molecule has 0 saturated carbocycles. The van der Waals surface area contributed by atoms with Crippen molar-refractivity contribution in [3.05, 3.63) is 47.7 Å². The number of aromatic nitrogens is 2. The summed E-state index contributed by atoms with van der Waals surface area (Å²) in [7, 11) is 0. The summed E-state index contributed by atoms with van der Waals surface area (Å²) < 4.78 is 0. The van der Waals surface area contributed by atoms with Crippen molar-refractivity contribution < 1.29 is 19.5 Å². The number of carbonyl (C=O) groups excluding carboxylic acids is 2. The Morgan fingerprint density at radius 2 is 1.84 bits per heavy atom. The molecule has 1 aliphatic heterocycles. The molecule has 3 amide bonds. The minimum atomic E-state index is -1.21. The van der Waals surface area contributed by atoms with Crippen LogP contribution in [0.25, 0.3) is 0 Å². The lowest BCUT2D eigenvalue weighted by Crippen LogP contribution is -2.52. The maximum absolute atomic E-state index is 12.7. The number of hydrogen-bond donors (Lipinski definition) is 2. The van der Waals surface area contributed by atoms with Crippen LogP contribution >= 0.6 is 0 Å². The molecule has 9 heteroatoms. The number of carbonyl (C=O) groups is 3. The third kappa shape index (κ3) is 3.11. The van der Waals surface area contributed by atoms with Crippen molar-refractivity contribution in [3.63, 3.8) is 0 Å². The molecule has 0 aliphatic carbocycles. The first-order valence-electron chi connectivity index (χ1n) is 7.54. The third-order valence-corrected chi connectivity index (χ3v) is 3.81. The third-order valence-electron chi connectivity index (χ3n) is 3.81. The normalized spacial score (nSPS) is 14.5. The van der Waals surface area contributed by atoms with Gasteiger partial charge in [0.15, 0.2) is 11.5 Å². The fraction of sp³-hybridized carbons (Fsp3) is 0.188. The van der Waals surface area contributed by atoms with Crippen LogP contribution in [0.2, 0.25) is 0 Å². The van der Waals surface area contributed by atoms with Crippen LogP contribution in [0, 0.1) is 0 Å². The maximum Gasteiger partial charge on any atom is 0.356 e. The number of nitrogen functional groups attached to an aromatic ring is 1. The molecule has 0 spiro atoms. The summed E-state index contributed by atoms with van der Waals surface area (Å²) in [5.74, 6) is -1.50. The predicted molar refractivity (Wildman–Crippen MR) is 88.2 cm³/mol. The van der Waals surface area contributed by atoms with Crippen LogP contribution in [-0.4, -0.2) is 51.2 Å². The van der Waals surface area contributed by atoms with Crippen molar-refractivity contribution in [1.82, 2.24) is 15.1 Å². The van der Waals surface area contributed by atoms with Gasteiger partial charge in [0.1, 0.15) is 0 Å². The molecule has 0 atom stereocenters. The van der Waals surface area contributed by atoms with Gasteiger partial charge in [-0.1, -0.05) is 12.1 Å². The maximum atomic E-state index is 12.7. The molecule has 1 fully saturated rings. The second kappa shape index (κ2) is 6.56. The highest BCUT2D eigenvalue weighted by Gasteiger charge is 2.33. The Bertz CT molecular complexity index is 837. The fourth-order valence-electron chi connectivity index (χ4n) is 2.55. The Morgan fingerprint density at radius 1 is 1.08 bits per heavy atom. The standard InChI is InChI=1S/C16H15N5O4/c17-11-5-2-1-4-10(11)14(22)21-9-3-8-20(16(21)25)13-7-6-12(15(23)24)18-19-13/h1-2,4-7H,3,8-9,17H2,(H,23,24). The summed E-state index contributed by atoms with van der Waals surface area (Å²) in [6, 6.07) is 8.63. The number of imide groups is 1. The number of carboxylic acids is 1. The van der Waals surface area contributed by atoms with E-state index in [4.69, 9.17) is 10.8 Å². The van der Waals surface area contributed by atoms with Gasteiger partial charge in [0.2, 0.25) is 0 Å². The minimum Gasteiger partial charge on any atom is -0.476 e. The van der Waals surface area contributed by atoms with Crippen molar-refractivity contribution in [3.8, 4) is 0 Å². The molecule has 0 radical (unpaired) electrons. The van der Waals surface area contributed by atoms with Gasteiger partial charge in [-0.25, -0.2) is 9.59 Å². The van der Waals surface area contributed by atoms with E-state index in [2.05, 4.69) is 10.2 Å². The summed E-state index contributed by atoms with van der Waals surface area (Å²) >= 11 is 0. The highest BCUT2D eigenvalue weighted by molar-refractivity contribution is 6.11. The van der Waals surface area contributed by atoms with Crippen LogP contribution in [0.1, 0.15) is 27.3 Å². The lowest BCUT2D eigenvalue weighted by molar-refractivity contribution is 0.0688. The van der Waals surface area contributed by atoms with Crippen LogP contribution < -0.4 is 10.6 Å². The largest absolute Gasteiger partial charge is 0.476 e. The highest BCUT2D eigenvalue weighted by atomic mass is 16.4. The fourth-order valence-corrected chi connectivity index (χ4v) is 2.55. The molecule has 2 heterocycles. The average Bonchev–Trinajstić information content (AvgIpc) is 2.62. The molecule has 0 bridgehead atoms. The number of nitrogens with zero attached hydrogens (tertiary/aromatic N) is 4. The van der Waals surface area contributed by atoms with Gasteiger partial charge in [0, 0.05) is 18.8 Å². The van der Waals surface area contributed by atoms with E-state index in [0.29, 0.717) is 18.7 Å². The molecule has 1 aliphatic rings. The van der Waals surface area contributed by atoms with E-state index in [9.17, 15) is 14.4 Å². The SMILES string of the molecule is Nc1ccccc1C(=O)N1CCCN(c2ccc(C(=O)O)nn2)C1=O. The second-order valence-corrected chi connectivity index (χ2v) is 5.41. The van der Waals surface area contributed by atoms with E-state index in [1.54, 1.807) is 24.3 Å². The van der Waals surface area contributed by atoms with Gasteiger partial charge < -0.3 is 10.8 Å². The first kappa shape index (κ1) is 16.4. The lowest BCUT2D eigenvalue weighted by atomic mass is 10.1. The van der Waals surface area contributed by atoms with E-state index in [-0.39, 0.29) is 23.6 Å². The van der Waals surface area contributed by atoms with Gasteiger partial charge in [0.25, 0.3) is 5.91 Å². The second-order valence-electron chi connectivity index (χ2n) is 5.41. The predicted octanol–water partition coefficient (Wildman–Crippen LogP) is 1.23. The quantitative estimate of drug-likeness (QED) is 0.803. The number of urea groups is 1. The van der Waals surface area contributed by atoms with Crippen LogP contribution in [0.15, 0.2) is 36.4 Å². The number of benzene rings is 1. The van der Waals surface area contributed by atoms with Gasteiger partial charge in [-0.2, -0.15) is 0 Å². The summed E-state index contributed by atoms with van der Waals surface area (Å²) in [4.78, 5) is 38.5. The molecule has 3 N–H and O–H groups in total.